The molecule has 0 atom stereocenters. The van der Waals surface area contributed by atoms with Crippen molar-refractivity contribution in [2.24, 2.45) is 5.14 Å². The average Bonchev–Trinajstić information content (AvgIpc) is 2.84. The zero-order valence-corrected chi connectivity index (χ0v) is 20.9. The van der Waals surface area contributed by atoms with Crippen molar-refractivity contribution in [3.63, 3.8) is 0 Å². The molecule has 0 aliphatic rings. The Morgan fingerprint density at radius 2 is 1.80 bits per heavy atom. The van der Waals surface area contributed by atoms with Crippen LogP contribution in [0.4, 0.5) is 15.9 Å². The topological polar surface area (TPSA) is 129 Å². The smallest absolute Gasteiger partial charge is 0.284 e. The number of sulfonamides is 1. The number of anilines is 2. The molecule has 3 aromatic carbocycles. The maximum absolute atomic E-state index is 15.1. The van der Waals surface area contributed by atoms with E-state index in [9.17, 15) is 13.2 Å². The number of halogens is 2. The standard InChI is InChI=1S/C25H20BrFN4O3S/c1-14(16-7-6-15-10-11-30-24(28)19(15)12-16)23(27)25(32)31-21-9-8-17(13-20(21)26)18-4-2-3-5-22(18)35(29,33)34/h2-13H,1H3,(H2,28,30)(H,31,32)(H2,29,33,34)/p+1. The van der Waals surface area contributed by atoms with Crippen molar-refractivity contribution in [2.45, 2.75) is 11.8 Å². The lowest BCUT2D eigenvalue weighted by atomic mass is 10.0. The highest BCUT2D eigenvalue weighted by Crippen LogP contribution is 2.33. The Kier molecular flexibility index (Phi) is 6.70. The zero-order chi connectivity index (χ0) is 25.3. The molecule has 1 heterocycles. The maximum Gasteiger partial charge on any atom is 0.284 e. The van der Waals surface area contributed by atoms with Crippen molar-refractivity contribution in [3.8, 4) is 11.1 Å². The van der Waals surface area contributed by atoms with E-state index in [0.717, 1.165) is 10.8 Å². The van der Waals surface area contributed by atoms with Crippen LogP contribution in [0, 0.1) is 0 Å². The van der Waals surface area contributed by atoms with Gasteiger partial charge in [-0.2, -0.15) is 0 Å². The second kappa shape index (κ2) is 9.57. The molecule has 0 bridgehead atoms. The molecule has 10 heteroatoms. The highest BCUT2D eigenvalue weighted by Gasteiger charge is 2.18. The summed E-state index contributed by atoms with van der Waals surface area (Å²) in [7, 11) is -3.94. The molecule has 0 spiro atoms. The number of allylic oxidation sites excluding steroid dienone is 1. The number of rotatable bonds is 5. The zero-order valence-electron chi connectivity index (χ0n) is 18.5. The number of nitrogen functional groups attached to an aromatic ring is 1. The summed E-state index contributed by atoms with van der Waals surface area (Å²) in [6.07, 6.45) is 1.71. The van der Waals surface area contributed by atoms with Crippen molar-refractivity contribution in [1.29, 1.82) is 0 Å². The summed E-state index contributed by atoms with van der Waals surface area (Å²) in [4.78, 5) is 15.5. The second-order valence-corrected chi connectivity index (χ2v) is 10.2. The van der Waals surface area contributed by atoms with Crippen molar-refractivity contribution < 1.29 is 22.6 Å². The first-order valence-corrected chi connectivity index (χ1v) is 12.7. The fourth-order valence-electron chi connectivity index (χ4n) is 3.68. The Labute approximate surface area is 209 Å². The molecule has 0 aliphatic carbocycles. The highest BCUT2D eigenvalue weighted by molar-refractivity contribution is 9.10. The van der Waals surface area contributed by atoms with Crippen LogP contribution in [0.15, 0.2) is 88.1 Å². The van der Waals surface area contributed by atoms with Gasteiger partial charge >= 0.3 is 0 Å². The molecule has 0 radical (unpaired) electrons. The summed E-state index contributed by atoms with van der Waals surface area (Å²) in [5.41, 5.74) is 7.92. The number of fused-ring (bicyclic) bond motifs is 1. The van der Waals surface area contributed by atoms with Gasteiger partial charge in [0.05, 0.1) is 22.2 Å². The lowest BCUT2D eigenvalue weighted by molar-refractivity contribution is -0.358. The second-order valence-electron chi connectivity index (χ2n) is 7.82. The first kappa shape index (κ1) is 24.5. The summed E-state index contributed by atoms with van der Waals surface area (Å²) in [6.45, 7) is 1.52. The number of H-pyrrole nitrogens is 1. The van der Waals surface area contributed by atoms with Gasteiger partial charge in [-0.15, -0.1) is 0 Å². The molecule has 1 amide bonds. The average molecular weight is 556 g/mol. The third kappa shape index (κ3) is 5.09. The van der Waals surface area contributed by atoms with Crippen molar-refractivity contribution in [1.82, 2.24) is 0 Å². The molecular weight excluding hydrogens is 535 g/mol. The molecule has 4 aromatic rings. The Hall–Kier alpha value is -3.60. The van der Waals surface area contributed by atoms with E-state index in [-0.39, 0.29) is 10.5 Å². The van der Waals surface area contributed by atoms with E-state index in [0.29, 0.717) is 32.7 Å². The maximum atomic E-state index is 15.1. The van der Waals surface area contributed by atoms with E-state index in [1.54, 1.807) is 60.8 Å². The molecule has 7 nitrogen and oxygen atoms in total. The molecule has 0 aliphatic heterocycles. The normalized spacial score (nSPS) is 12.3. The van der Waals surface area contributed by atoms with Crippen LogP contribution in [0.25, 0.3) is 27.5 Å². The van der Waals surface area contributed by atoms with Gasteiger partial charge in [-0.1, -0.05) is 36.4 Å². The molecule has 0 saturated carbocycles. The van der Waals surface area contributed by atoms with Crippen LogP contribution < -0.4 is 21.2 Å². The molecule has 4 rings (SSSR count). The highest BCUT2D eigenvalue weighted by atomic mass is 79.9. The number of aromatic amines is 1. The molecule has 35 heavy (non-hydrogen) atoms. The van der Waals surface area contributed by atoms with Gasteiger partial charge in [0, 0.05) is 10.0 Å². The largest absolute Gasteiger partial charge is 0.319 e. The number of benzene rings is 3. The summed E-state index contributed by atoms with van der Waals surface area (Å²) in [5.74, 6) is -1.43. The number of amides is 1. The minimum atomic E-state index is -3.94. The fourth-order valence-corrected chi connectivity index (χ4v) is 4.92. The van der Waals surface area contributed by atoms with Crippen LogP contribution >= 0.6 is 15.9 Å². The van der Waals surface area contributed by atoms with E-state index in [1.165, 1.54) is 13.0 Å². The SMILES string of the molecule is CC(=C(F)C(=O)Nc1ccc(-c2ccccc2S(N)(=O)=O)cc1Br)c1ccc2cc[nH+]c(N)c2c1. The van der Waals surface area contributed by atoms with Crippen LogP contribution in [0.1, 0.15) is 12.5 Å². The van der Waals surface area contributed by atoms with Gasteiger partial charge in [-0.05, 0) is 75.3 Å². The van der Waals surface area contributed by atoms with Crippen LogP contribution in [0.3, 0.4) is 0 Å². The van der Waals surface area contributed by atoms with Crippen LogP contribution in [-0.4, -0.2) is 14.3 Å². The molecule has 1 aromatic heterocycles. The van der Waals surface area contributed by atoms with Gasteiger partial charge in [0.1, 0.15) is 0 Å². The van der Waals surface area contributed by atoms with Crippen LogP contribution in [0.2, 0.25) is 0 Å². The van der Waals surface area contributed by atoms with Crippen molar-refractivity contribution >= 4 is 59.7 Å². The van der Waals surface area contributed by atoms with Gasteiger partial charge < -0.3 is 5.32 Å². The molecule has 6 N–H and O–H groups in total. The number of pyridine rings is 1. The molecule has 0 saturated heterocycles. The van der Waals surface area contributed by atoms with E-state index < -0.39 is 21.8 Å². The fraction of sp³-hybridized carbons (Fsp3) is 0.0400. The van der Waals surface area contributed by atoms with Gasteiger partial charge in [-0.25, -0.2) is 22.9 Å². The third-order valence-electron chi connectivity index (χ3n) is 5.53. The number of carbonyl (C=O) groups excluding carboxylic acids is 1. The number of primary sulfonamides is 1. The first-order valence-electron chi connectivity index (χ1n) is 10.4. The van der Waals surface area contributed by atoms with Crippen molar-refractivity contribution in [3.05, 3.63) is 88.8 Å². The minimum absolute atomic E-state index is 0.0260. The van der Waals surface area contributed by atoms with Crippen molar-refractivity contribution in [2.75, 3.05) is 11.1 Å². The molecule has 178 valence electrons. The van der Waals surface area contributed by atoms with E-state index >= 15 is 4.39 Å². The quantitative estimate of drug-likeness (QED) is 0.309. The lowest BCUT2D eigenvalue weighted by Gasteiger charge is -2.12. The van der Waals surface area contributed by atoms with E-state index in [2.05, 4.69) is 26.2 Å². The number of hydrogen-bond donors (Lipinski definition) is 3. The Morgan fingerprint density at radius 1 is 1.06 bits per heavy atom. The number of aromatic nitrogens is 1. The summed E-state index contributed by atoms with van der Waals surface area (Å²) >= 11 is 3.36. The van der Waals surface area contributed by atoms with E-state index in [1.807, 2.05) is 6.07 Å². The summed E-state index contributed by atoms with van der Waals surface area (Å²) in [6, 6.07) is 18.2. The van der Waals surface area contributed by atoms with Gasteiger partial charge in [0.2, 0.25) is 10.0 Å². The van der Waals surface area contributed by atoms with Crippen LogP contribution in [0.5, 0.6) is 0 Å². The number of carbonyl (C=O) groups is 1. The number of nitrogens with two attached hydrogens (primary N) is 2. The molecule has 0 fully saturated rings. The molecule has 0 unspecified atom stereocenters. The van der Waals surface area contributed by atoms with Gasteiger partial charge in [-0.3, -0.25) is 10.5 Å². The van der Waals surface area contributed by atoms with Crippen LogP contribution in [-0.2, 0) is 14.8 Å². The molecular formula is C25H21BrFN4O3S+. The minimum Gasteiger partial charge on any atom is -0.319 e. The lowest BCUT2D eigenvalue weighted by Crippen LogP contribution is -2.14. The van der Waals surface area contributed by atoms with Gasteiger partial charge in [0.25, 0.3) is 11.7 Å². The van der Waals surface area contributed by atoms with E-state index in [4.69, 9.17) is 10.9 Å². The summed E-state index contributed by atoms with van der Waals surface area (Å²) in [5, 5.41) is 9.47. The predicted octanol–water partition coefficient (Wildman–Crippen LogP) is 4.65. The third-order valence-corrected chi connectivity index (χ3v) is 7.15. The Bertz CT molecular complexity index is 1620. The Morgan fingerprint density at radius 3 is 2.51 bits per heavy atom. The first-order chi connectivity index (χ1) is 16.6. The number of nitrogens with one attached hydrogen (secondary N) is 2. The number of hydrogen-bond acceptors (Lipinski definition) is 4. The summed E-state index contributed by atoms with van der Waals surface area (Å²) < 4.78 is 39.3. The monoisotopic (exact) mass is 555 g/mol. The Balaban J connectivity index is 1.62. The van der Waals surface area contributed by atoms with Gasteiger partial charge in [0.15, 0.2) is 5.83 Å². The predicted molar refractivity (Wildman–Crippen MR) is 138 cm³/mol.